The van der Waals surface area contributed by atoms with Crippen molar-refractivity contribution in [2.24, 2.45) is 0 Å². The van der Waals surface area contributed by atoms with E-state index >= 15 is 0 Å². The fraction of sp³-hybridized carbons (Fsp3) is 0.217. The van der Waals surface area contributed by atoms with Gasteiger partial charge in [-0.2, -0.15) is 0 Å². The van der Waals surface area contributed by atoms with E-state index in [1.807, 2.05) is 42.5 Å². The van der Waals surface area contributed by atoms with Gasteiger partial charge in [0.05, 0.1) is 13.4 Å². The van der Waals surface area contributed by atoms with Crippen molar-refractivity contribution in [2.45, 2.75) is 18.9 Å². The van der Waals surface area contributed by atoms with E-state index in [4.69, 9.17) is 18.6 Å². The van der Waals surface area contributed by atoms with Crippen molar-refractivity contribution in [3.63, 3.8) is 0 Å². The minimum Gasteiger partial charge on any atom is -0.497 e. The number of benzene rings is 2. The number of carbonyl (C=O) groups excluding carboxylic acids is 1. The molecule has 4 aromatic rings. The summed E-state index contributed by atoms with van der Waals surface area (Å²) in [6.45, 7) is 0.665. The number of nitrogens with zero attached hydrogens (tertiary/aromatic N) is 2. The summed E-state index contributed by atoms with van der Waals surface area (Å²) in [6.07, 6.45) is 3.24. The third-order valence-corrected chi connectivity index (χ3v) is 5.34. The van der Waals surface area contributed by atoms with Gasteiger partial charge in [0.1, 0.15) is 17.3 Å². The average molecular weight is 388 g/mol. The Kier molecular flexibility index (Phi) is 4.31. The number of carbonyl (C=O) groups is 1. The topological polar surface area (TPSA) is 68.7 Å². The molecule has 0 aliphatic carbocycles. The van der Waals surface area contributed by atoms with E-state index in [0.29, 0.717) is 23.8 Å². The van der Waals surface area contributed by atoms with E-state index in [0.717, 1.165) is 35.2 Å². The molecule has 0 saturated carbocycles. The number of likely N-dealkylation sites (tertiary alicyclic amines) is 1. The molecule has 1 aliphatic heterocycles. The third kappa shape index (κ3) is 3.16. The van der Waals surface area contributed by atoms with Crippen LogP contribution < -0.4 is 4.74 Å². The Morgan fingerprint density at radius 3 is 2.86 bits per heavy atom. The first-order valence-electron chi connectivity index (χ1n) is 9.62. The fourth-order valence-electron chi connectivity index (χ4n) is 3.88. The Hall–Kier alpha value is -3.54. The number of rotatable bonds is 4. The van der Waals surface area contributed by atoms with Gasteiger partial charge in [0.15, 0.2) is 11.3 Å². The van der Waals surface area contributed by atoms with E-state index in [9.17, 15) is 4.79 Å². The van der Waals surface area contributed by atoms with Crippen LogP contribution in [0.3, 0.4) is 0 Å². The Balaban J connectivity index is 1.47. The first-order chi connectivity index (χ1) is 14.2. The molecule has 0 bridgehead atoms. The number of oxazole rings is 1. The Morgan fingerprint density at radius 1 is 1.14 bits per heavy atom. The lowest BCUT2D eigenvalue weighted by Gasteiger charge is -2.20. The van der Waals surface area contributed by atoms with E-state index in [2.05, 4.69) is 0 Å². The molecule has 2 aromatic carbocycles. The second-order valence-corrected chi connectivity index (χ2v) is 7.10. The Labute approximate surface area is 167 Å². The van der Waals surface area contributed by atoms with Crippen molar-refractivity contribution in [3.05, 3.63) is 72.5 Å². The SMILES string of the molecule is COc1cccc(-c2ccc3oc([C@H]4CCCN4C(=O)c4ccco4)nc3c2)c1. The third-order valence-electron chi connectivity index (χ3n) is 5.34. The molecule has 1 amide bonds. The second kappa shape index (κ2) is 7.13. The number of fused-ring (bicyclic) bond motifs is 1. The van der Waals surface area contributed by atoms with Gasteiger partial charge in [-0.25, -0.2) is 4.98 Å². The maximum Gasteiger partial charge on any atom is 0.290 e. The summed E-state index contributed by atoms with van der Waals surface area (Å²) >= 11 is 0. The highest BCUT2D eigenvalue weighted by molar-refractivity contribution is 5.92. The fourth-order valence-corrected chi connectivity index (χ4v) is 3.88. The normalized spacial score (nSPS) is 16.4. The van der Waals surface area contributed by atoms with Crippen molar-refractivity contribution < 1.29 is 18.4 Å². The van der Waals surface area contributed by atoms with Crippen LogP contribution in [0.4, 0.5) is 0 Å². The van der Waals surface area contributed by atoms with Crippen molar-refractivity contribution in [1.82, 2.24) is 9.88 Å². The van der Waals surface area contributed by atoms with Gasteiger partial charge >= 0.3 is 0 Å². The lowest BCUT2D eigenvalue weighted by atomic mass is 10.1. The summed E-state index contributed by atoms with van der Waals surface area (Å²) in [5, 5.41) is 0. The van der Waals surface area contributed by atoms with Crippen LogP contribution in [0.25, 0.3) is 22.2 Å². The molecular weight excluding hydrogens is 368 g/mol. The van der Waals surface area contributed by atoms with Gasteiger partial charge in [-0.05, 0) is 60.4 Å². The molecule has 0 spiro atoms. The van der Waals surface area contributed by atoms with Gasteiger partial charge < -0.3 is 18.5 Å². The number of hydrogen-bond acceptors (Lipinski definition) is 5. The zero-order valence-corrected chi connectivity index (χ0v) is 16.0. The summed E-state index contributed by atoms with van der Waals surface area (Å²) in [4.78, 5) is 19.3. The molecular formula is C23H20N2O4. The number of amides is 1. The van der Waals surface area contributed by atoms with Crippen LogP contribution >= 0.6 is 0 Å². The average Bonchev–Trinajstić information content (AvgIpc) is 3.52. The van der Waals surface area contributed by atoms with Crippen LogP contribution in [-0.4, -0.2) is 29.4 Å². The van der Waals surface area contributed by atoms with E-state index in [-0.39, 0.29) is 11.9 Å². The van der Waals surface area contributed by atoms with Crippen molar-refractivity contribution in [2.75, 3.05) is 13.7 Å². The molecule has 1 atom stereocenters. The molecule has 3 heterocycles. The maximum absolute atomic E-state index is 12.8. The van der Waals surface area contributed by atoms with Gasteiger partial charge in [0.2, 0.25) is 5.89 Å². The molecule has 1 fully saturated rings. The molecule has 0 radical (unpaired) electrons. The minimum atomic E-state index is -0.180. The molecule has 1 saturated heterocycles. The molecule has 29 heavy (non-hydrogen) atoms. The highest BCUT2D eigenvalue weighted by atomic mass is 16.5. The molecule has 0 unspecified atom stereocenters. The van der Waals surface area contributed by atoms with Gasteiger partial charge in [0, 0.05) is 6.54 Å². The first kappa shape index (κ1) is 17.6. The zero-order chi connectivity index (χ0) is 19.8. The largest absolute Gasteiger partial charge is 0.497 e. The number of aromatic nitrogens is 1. The van der Waals surface area contributed by atoms with Gasteiger partial charge in [-0.15, -0.1) is 0 Å². The second-order valence-electron chi connectivity index (χ2n) is 7.10. The van der Waals surface area contributed by atoms with Crippen molar-refractivity contribution in [3.8, 4) is 16.9 Å². The quantitative estimate of drug-likeness (QED) is 0.488. The number of furan rings is 1. The van der Waals surface area contributed by atoms with Crippen LogP contribution in [-0.2, 0) is 0 Å². The molecule has 6 heteroatoms. The first-order valence-corrected chi connectivity index (χ1v) is 9.62. The summed E-state index contributed by atoms with van der Waals surface area (Å²) in [5.74, 6) is 1.59. The van der Waals surface area contributed by atoms with Crippen LogP contribution in [0, 0.1) is 0 Å². The summed E-state index contributed by atoms with van der Waals surface area (Å²) in [6, 6.07) is 17.1. The van der Waals surface area contributed by atoms with Crippen LogP contribution in [0.15, 0.2) is 69.7 Å². The smallest absolute Gasteiger partial charge is 0.290 e. The summed E-state index contributed by atoms with van der Waals surface area (Å²) in [7, 11) is 1.66. The number of methoxy groups -OCH3 is 1. The molecule has 146 valence electrons. The number of ether oxygens (including phenoxy) is 1. The molecule has 2 aromatic heterocycles. The Morgan fingerprint density at radius 2 is 2.03 bits per heavy atom. The number of hydrogen-bond donors (Lipinski definition) is 0. The standard InChI is InChI=1S/C23H20N2O4/c1-27-17-6-2-5-15(13-17)16-9-10-20-18(14-16)24-22(29-20)19-7-3-11-25(19)23(26)21-8-4-12-28-21/h2,4-6,8-10,12-14,19H,3,7,11H2,1H3/t19-/m1/s1. The van der Waals surface area contributed by atoms with E-state index in [1.54, 1.807) is 24.1 Å². The van der Waals surface area contributed by atoms with E-state index in [1.165, 1.54) is 6.26 Å². The highest BCUT2D eigenvalue weighted by Crippen LogP contribution is 2.35. The Bertz CT molecular complexity index is 1160. The van der Waals surface area contributed by atoms with Crippen LogP contribution in [0.2, 0.25) is 0 Å². The predicted molar refractivity (Wildman–Crippen MR) is 108 cm³/mol. The molecule has 6 nitrogen and oxygen atoms in total. The van der Waals surface area contributed by atoms with Crippen molar-refractivity contribution in [1.29, 1.82) is 0 Å². The molecule has 5 rings (SSSR count). The van der Waals surface area contributed by atoms with Gasteiger partial charge in [-0.3, -0.25) is 4.79 Å². The maximum atomic E-state index is 12.8. The lowest BCUT2D eigenvalue weighted by Crippen LogP contribution is -2.30. The van der Waals surface area contributed by atoms with Gasteiger partial charge in [0.25, 0.3) is 5.91 Å². The van der Waals surface area contributed by atoms with Crippen molar-refractivity contribution >= 4 is 17.0 Å². The highest BCUT2D eigenvalue weighted by Gasteiger charge is 2.35. The summed E-state index contributed by atoms with van der Waals surface area (Å²) in [5.41, 5.74) is 3.57. The minimum absolute atomic E-state index is 0.128. The monoisotopic (exact) mass is 388 g/mol. The lowest BCUT2D eigenvalue weighted by molar-refractivity contribution is 0.0684. The molecule has 1 aliphatic rings. The predicted octanol–water partition coefficient (Wildman–Crippen LogP) is 5.07. The van der Waals surface area contributed by atoms with E-state index < -0.39 is 0 Å². The van der Waals surface area contributed by atoms with Gasteiger partial charge in [-0.1, -0.05) is 18.2 Å². The van der Waals surface area contributed by atoms with Crippen LogP contribution in [0.1, 0.15) is 35.3 Å². The molecule has 0 N–H and O–H groups in total. The summed E-state index contributed by atoms with van der Waals surface area (Å²) < 4.78 is 16.6. The zero-order valence-electron chi connectivity index (χ0n) is 16.0. The van der Waals surface area contributed by atoms with Crippen LogP contribution in [0.5, 0.6) is 5.75 Å².